The topological polar surface area (TPSA) is 82.3 Å². The summed E-state index contributed by atoms with van der Waals surface area (Å²) in [5, 5.41) is 9.93. The number of nitriles is 1. The van der Waals surface area contributed by atoms with Crippen LogP contribution in [0.25, 0.3) is 11.0 Å². The molecule has 0 bridgehead atoms. The van der Waals surface area contributed by atoms with Gasteiger partial charge >= 0.3 is 12.1 Å². The number of hydrogen-bond donors (Lipinski definition) is 0. The monoisotopic (exact) mass is 525 g/mol. The Morgan fingerprint density at radius 3 is 2.34 bits per heavy atom. The number of anilines is 2. The first-order chi connectivity index (χ1) is 18.3. The first kappa shape index (κ1) is 27.2. The van der Waals surface area contributed by atoms with Gasteiger partial charge in [0.2, 0.25) is 0 Å². The molecular formula is C28H30F3N5O2. The molecule has 2 heterocycles. The van der Waals surface area contributed by atoms with E-state index < -0.39 is 23.6 Å². The van der Waals surface area contributed by atoms with Crippen molar-refractivity contribution in [2.24, 2.45) is 0 Å². The van der Waals surface area contributed by atoms with E-state index >= 15 is 0 Å². The van der Waals surface area contributed by atoms with Crippen LogP contribution in [0.1, 0.15) is 49.8 Å². The fourth-order valence-electron chi connectivity index (χ4n) is 4.50. The highest BCUT2D eigenvalue weighted by molar-refractivity contribution is 5.85. The van der Waals surface area contributed by atoms with Gasteiger partial charge in [0.15, 0.2) is 11.7 Å². The van der Waals surface area contributed by atoms with Crippen LogP contribution in [-0.2, 0) is 15.7 Å². The Morgan fingerprint density at radius 2 is 1.68 bits per heavy atom. The zero-order valence-electron chi connectivity index (χ0n) is 21.2. The van der Waals surface area contributed by atoms with Gasteiger partial charge in [0, 0.05) is 31.9 Å². The highest BCUT2D eigenvalue weighted by Crippen LogP contribution is 2.33. The van der Waals surface area contributed by atoms with Crippen LogP contribution >= 0.6 is 0 Å². The summed E-state index contributed by atoms with van der Waals surface area (Å²) in [6.07, 6.45) is -0.633. The van der Waals surface area contributed by atoms with Gasteiger partial charge in [-0.2, -0.15) is 18.4 Å². The zero-order valence-corrected chi connectivity index (χ0v) is 21.2. The number of hydrogen-bond acceptors (Lipinski definition) is 7. The maximum absolute atomic E-state index is 13.2. The van der Waals surface area contributed by atoms with Gasteiger partial charge in [0.1, 0.15) is 5.69 Å². The number of para-hydroxylation sites is 2. The minimum atomic E-state index is -4.41. The number of aromatic nitrogens is 2. The molecule has 0 spiro atoms. The van der Waals surface area contributed by atoms with Gasteiger partial charge in [-0.25, -0.2) is 9.97 Å². The van der Waals surface area contributed by atoms with Crippen LogP contribution in [0.15, 0.2) is 48.5 Å². The number of nitrogens with zero attached hydrogens (tertiary/aromatic N) is 5. The van der Waals surface area contributed by atoms with Gasteiger partial charge in [0.05, 0.1) is 29.3 Å². The Balaban J connectivity index is 1.56. The Labute approximate surface area is 219 Å². The van der Waals surface area contributed by atoms with Crippen molar-refractivity contribution in [1.82, 2.24) is 9.97 Å². The average molecular weight is 526 g/mol. The third-order valence-electron chi connectivity index (χ3n) is 6.58. The second-order valence-corrected chi connectivity index (χ2v) is 9.23. The van der Waals surface area contributed by atoms with Gasteiger partial charge < -0.3 is 14.5 Å². The van der Waals surface area contributed by atoms with E-state index in [0.717, 1.165) is 37.8 Å². The van der Waals surface area contributed by atoms with Crippen LogP contribution in [0, 0.1) is 11.3 Å². The van der Waals surface area contributed by atoms with E-state index in [-0.39, 0.29) is 12.3 Å². The van der Waals surface area contributed by atoms with Gasteiger partial charge in [-0.3, -0.25) is 4.79 Å². The van der Waals surface area contributed by atoms with Crippen LogP contribution in [0.3, 0.4) is 0 Å². The molecule has 0 saturated carbocycles. The molecule has 1 aromatic heterocycles. The number of benzene rings is 2. The number of fused-ring (bicyclic) bond motifs is 1. The Hall–Kier alpha value is -3.87. The molecule has 7 nitrogen and oxygen atoms in total. The molecule has 2 aromatic carbocycles. The highest BCUT2D eigenvalue weighted by Gasteiger charge is 2.33. The second-order valence-electron chi connectivity index (χ2n) is 9.23. The molecular weight excluding hydrogens is 495 g/mol. The summed E-state index contributed by atoms with van der Waals surface area (Å²) >= 11 is 0. The fraction of sp³-hybridized carbons (Fsp3) is 0.429. The van der Waals surface area contributed by atoms with Crippen molar-refractivity contribution in [2.75, 3.05) is 42.6 Å². The van der Waals surface area contributed by atoms with Crippen molar-refractivity contribution in [3.8, 4) is 6.07 Å². The van der Waals surface area contributed by atoms with E-state index in [1.165, 1.54) is 6.07 Å². The van der Waals surface area contributed by atoms with Crippen molar-refractivity contribution in [1.29, 1.82) is 5.26 Å². The minimum absolute atomic E-state index is 0.234. The number of ether oxygens (including phenoxy) is 1. The SMILES string of the molecule is CCCCCCOC(=O)[C@@H](C#N)c1nc2ccccc2nc1N1CCN(c2cccc(C(F)(F)F)c2)CC1. The molecule has 3 aromatic rings. The van der Waals surface area contributed by atoms with Gasteiger partial charge in [0.25, 0.3) is 0 Å². The molecule has 1 aliphatic rings. The summed E-state index contributed by atoms with van der Waals surface area (Å²) in [6, 6.07) is 14.5. The molecule has 1 fully saturated rings. The smallest absolute Gasteiger partial charge is 0.416 e. The van der Waals surface area contributed by atoms with E-state index in [4.69, 9.17) is 9.72 Å². The third kappa shape index (κ3) is 6.33. The van der Waals surface area contributed by atoms with Gasteiger partial charge in [-0.1, -0.05) is 44.4 Å². The van der Waals surface area contributed by atoms with Crippen LogP contribution in [0.2, 0.25) is 0 Å². The van der Waals surface area contributed by atoms with E-state index in [1.807, 2.05) is 34.1 Å². The quantitative estimate of drug-likeness (QED) is 0.262. The lowest BCUT2D eigenvalue weighted by Gasteiger charge is -2.37. The summed E-state index contributed by atoms with van der Waals surface area (Å²) < 4.78 is 45.0. The number of unbranched alkanes of at least 4 members (excludes halogenated alkanes) is 3. The Morgan fingerprint density at radius 1 is 1.00 bits per heavy atom. The standard InChI is InChI=1S/C28H30F3N5O2/c1-2-3-4-7-17-38-27(37)22(19-32)25-26(34-24-12-6-5-11-23(24)33-25)36-15-13-35(14-16-36)21-10-8-9-20(18-21)28(29,30)31/h5-6,8-12,18,22H,2-4,7,13-17H2,1H3/t22-/m0/s1. The number of halogens is 3. The molecule has 4 rings (SSSR count). The molecule has 10 heteroatoms. The fourth-order valence-corrected chi connectivity index (χ4v) is 4.50. The summed E-state index contributed by atoms with van der Waals surface area (Å²) in [6.45, 7) is 4.07. The largest absolute Gasteiger partial charge is 0.464 e. The van der Waals surface area contributed by atoms with Crippen molar-refractivity contribution < 1.29 is 22.7 Å². The first-order valence-electron chi connectivity index (χ1n) is 12.8. The van der Waals surface area contributed by atoms with Crippen LogP contribution < -0.4 is 9.80 Å². The van der Waals surface area contributed by atoms with Crippen molar-refractivity contribution >= 4 is 28.5 Å². The lowest BCUT2D eigenvalue weighted by molar-refractivity contribution is -0.144. The number of esters is 1. The third-order valence-corrected chi connectivity index (χ3v) is 6.58. The lowest BCUT2D eigenvalue weighted by atomic mass is 10.1. The molecule has 1 aliphatic heterocycles. The number of carbonyl (C=O) groups excluding carboxylic acids is 1. The van der Waals surface area contributed by atoms with E-state index in [0.29, 0.717) is 48.7 Å². The first-order valence-corrected chi connectivity index (χ1v) is 12.8. The normalized spacial score (nSPS) is 14.8. The van der Waals surface area contributed by atoms with Crippen LogP contribution in [-0.4, -0.2) is 48.7 Å². The molecule has 0 radical (unpaired) electrons. The van der Waals surface area contributed by atoms with E-state index in [2.05, 4.69) is 11.9 Å². The van der Waals surface area contributed by atoms with E-state index in [9.17, 15) is 23.2 Å². The molecule has 0 amide bonds. The predicted molar refractivity (Wildman–Crippen MR) is 139 cm³/mol. The molecule has 1 atom stereocenters. The minimum Gasteiger partial charge on any atom is -0.464 e. The maximum Gasteiger partial charge on any atom is 0.416 e. The number of alkyl halides is 3. The zero-order chi connectivity index (χ0) is 27.1. The number of rotatable bonds is 9. The molecule has 0 aliphatic carbocycles. The summed E-state index contributed by atoms with van der Waals surface area (Å²) in [4.78, 5) is 26.1. The van der Waals surface area contributed by atoms with E-state index in [1.54, 1.807) is 12.1 Å². The summed E-state index contributed by atoms with van der Waals surface area (Å²) in [5.74, 6) is -1.48. The molecule has 200 valence electrons. The van der Waals surface area contributed by atoms with Crippen molar-refractivity contribution in [2.45, 2.75) is 44.7 Å². The summed E-state index contributed by atoms with van der Waals surface area (Å²) in [7, 11) is 0. The van der Waals surface area contributed by atoms with Crippen molar-refractivity contribution in [3.63, 3.8) is 0 Å². The Bertz CT molecular complexity index is 1300. The second kappa shape index (κ2) is 12.1. The Kier molecular flexibility index (Phi) is 8.66. The lowest BCUT2D eigenvalue weighted by Crippen LogP contribution is -2.47. The molecule has 0 N–H and O–H groups in total. The van der Waals surface area contributed by atoms with Gasteiger partial charge in [-0.05, 0) is 36.8 Å². The van der Waals surface area contributed by atoms with Crippen LogP contribution in [0.5, 0.6) is 0 Å². The average Bonchev–Trinajstić information content (AvgIpc) is 2.92. The highest BCUT2D eigenvalue weighted by atomic mass is 19.4. The molecule has 1 saturated heterocycles. The molecule has 0 unspecified atom stereocenters. The molecule has 38 heavy (non-hydrogen) atoms. The van der Waals surface area contributed by atoms with Crippen molar-refractivity contribution in [3.05, 3.63) is 59.8 Å². The van der Waals surface area contributed by atoms with Crippen LogP contribution in [0.4, 0.5) is 24.7 Å². The number of carbonyl (C=O) groups is 1. The predicted octanol–water partition coefficient (Wildman–Crippen LogP) is 5.71. The van der Waals surface area contributed by atoms with Gasteiger partial charge in [-0.15, -0.1) is 0 Å². The maximum atomic E-state index is 13.2. The summed E-state index contributed by atoms with van der Waals surface area (Å²) in [5.41, 5.74) is 1.22. The number of piperazine rings is 1.